The lowest BCUT2D eigenvalue weighted by Gasteiger charge is -2.33. The number of pyridine rings is 1. The third-order valence-electron chi connectivity index (χ3n) is 2.94. The third kappa shape index (κ3) is 2.69. The minimum atomic E-state index is -2.63. The number of alkyl halides is 2. The van der Waals surface area contributed by atoms with Crippen molar-refractivity contribution in [2.45, 2.75) is 25.3 Å². The lowest BCUT2D eigenvalue weighted by molar-refractivity contribution is -0.0221. The molecule has 94 valence electrons. The van der Waals surface area contributed by atoms with Gasteiger partial charge in [0.15, 0.2) is 5.82 Å². The fourth-order valence-corrected chi connectivity index (χ4v) is 1.90. The molecule has 0 amide bonds. The molecule has 0 saturated carbocycles. The van der Waals surface area contributed by atoms with Gasteiger partial charge in [-0.2, -0.15) is 0 Å². The van der Waals surface area contributed by atoms with Crippen LogP contribution in [0.25, 0.3) is 0 Å². The molecule has 1 aromatic heterocycles. The average Bonchev–Trinajstić information content (AvgIpc) is 2.30. The smallest absolute Gasteiger partial charge is 0.251 e. The molecule has 0 unspecified atom stereocenters. The van der Waals surface area contributed by atoms with Crippen LogP contribution >= 0.6 is 0 Å². The van der Waals surface area contributed by atoms with Crippen molar-refractivity contribution in [3.05, 3.63) is 23.8 Å². The maximum Gasteiger partial charge on any atom is 0.251 e. The zero-order chi connectivity index (χ0) is 12.5. The molecule has 0 aliphatic carbocycles. The summed E-state index contributed by atoms with van der Waals surface area (Å²) in [5.41, 5.74) is 6.29. The van der Waals surface area contributed by atoms with Gasteiger partial charge in [-0.1, -0.05) is 0 Å². The van der Waals surface area contributed by atoms with Crippen LogP contribution in [0.4, 0.5) is 18.9 Å². The summed E-state index contributed by atoms with van der Waals surface area (Å²) < 4.78 is 39.5. The second-order valence-corrected chi connectivity index (χ2v) is 4.17. The average molecular weight is 245 g/mol. The van der Waals surface area contributed by atoms with Crippen LogP contribution in [0.15, 0.2) is 12.3 Å². The SMILES string of the molecule is NCc1cc(N2CCC(F)(F)CC2)c(F)cn1. The van der Waals surface area contributed by atoms with Gasteiger partial charge in [0.1, 0.15) is 0 Å². The summed E-state index contributed by atoms with van der Waals surface area (Å²) in [6.07, 6.45) is 0.601. The molecule has 2 rings (SSSR count). The number of hydrogen-bond donors (Lipinski definition) is 1. The first kappa shape index (κ1) is 12.2. The van der Waals surface area contributed by atoms with E-state index in [0.29, 0.717) is 11.4 Å². The molecule has 1 aromatic rings. The Morgan fingerprint density at radius 3 is 2.59 bits per heavy atom. The molecule has 1 fully saturated rings. The van der Waals surface area contributed by atoms with E-state index in [-0.39, 0.29) is 32.5 Å². The summed E-state index contributed by atoms with van der Waals surface area (Å²) in [4.78, 5) is 5.42. The second-order valence-electron chi connectivity index (χ2n) is 4.17. The van der Waals surface area contributed by atoms with Gasteiger partial charge < -0.3 is 10.6 Å². The highest BCUT2D eigenvalue weighted by Crippen LogP contribution is 2.31. The van der Waals surface area contributed by atoms with Crippen molar-refractivity contribution in [3.8, 4) is 0 Å². The number of piperidine rings is 1. The fourth-order valence-electron chi connectivity index (χ4n) is 1.90. The van der Waals surface area contributed by atoms with E-state index in [0.717, 1.165) is 6.20 Å². The molecule has 0 radical (unpaired) electrons. The number of nitrogens with zero attached hydrogens (tertiary/aromatic N) is 2. The van der Waals surface area contributed by atoms with Gasteiger partial charge >= 0.3 is 0 Å². The second kappa shape index (κ2) is 4.52. The molecule has 1 aliphatic heterocycles. The maximum atomic E-state index is 13.6. The van der Waals surface area contributed by atoms with Gasteiger partial charge in [-0.3, -0.25) is 4.98 Å². The number of hydrogen-bond acceptors (Lipinski definition) is 3. The van der Waals surface area contributed by atoms with Crippen LogP contribution in [0.1, 0.15) is 18.5 Å². The maximum absolute atomic E-state index is 13.6. The molecule has 1 saturated heterocycles. The fraction of sp³-hybridized carbons (Fsp3) is 0.545. The Bertz CT molecular complexity index is 399. The quantitative estimate of drug-likeness (QED) is 0.865. The Balaban J connectivity index is 2.17. The van der Waals surface area contributed by atoms with Crippen LogP contribution in [-0.2, 0) is 6.54 Å². The lowest BCUT2D eigenvalue weighted by Crippen LogP contribution is -2.39. The molecule has 17 heavy (non-hydrogen) atoms. The van der Waals surface area contributed by atoms with E-state index in [1.807, 2.05) is 0 Å². The molecule has 0 spiro atoms. The van der Waals surface area contributed by atoms with Crippen molar-refractivity contribution in [1.82, 2.24) is 4.98 Å². The van der Waals surface area contributed by atoms with E-state index in [1.54, 1.807) is 4.90 Å². The van der Waals surface area contributed by atoms with Crippen molar-refractivity contribution >= 4 is 5.69 Å². The zero-order valence-corrected chi connectivity index (χ0v) is 9.30. The first-order chi connectivity index (χ1) is 8.02. The summed E-state index contributed by atoms with van der Waals surface area (Å²) >= 11 is 0. The van der Waals surface area contributed by atoms with Crippen LogP contribution in [0, 0.1) is 5.82 Å². The van der Waals surface area contributed by atoms with Crippen molar-refractivity contribution in [3.63, 3.8) is 0 Å². The number of halogens is 3. The highest BCUT2D eigenvalue weighted by Gasteiger charge is 2.34. The molecular formula is C11H14F3N3. The molecule has 0 aromatic carbocycles. The van der Waals surface area contributed by atoms with E-state index in [4.69, 9.17) is 5.73 Å². The van der Waals surface area contributed by atoms with Crippen LogP contribution in [0.2, 0.25) is 0 Å². The summed E-state index contributed by atoms with van der Waals surface area (Å²) in [7, 11) is 0. The van der Waals surface area contributed by atoms with Gasteiger partial charge in [-0.25, -0.2) is 13.2 Å². The monoisotopic (exact) mass is 245 g/mol. The van der Waals surface area contributed by atoms with Gasteiger partial charge in [0.2, 0.25) is 0 Å². The highest BCUT2D eigenvalue weighted by atomic mass is 19.3. The van der Waals surface area contributed by atoms with Gasteiger partial charge in [-0.15, -0.1) is 0 Å². The Hall–Kier alpha value is -1.30. The van der Waals surface area contributed by atoms with Gasteiger partial charge in [-0.05, 0) is 6.07 Å². The molecule has 6 heteroatoms. The first-order valence-electron chi connectivity index (χ1n) is 5.49. The standard InChI is InChI=1S/C11H14F3N3/c12-9-7-16-8(6-15)5-10(9)17-3-1-11(13,14)2-4-17/h5,7H,1-4,6,15H2. The molecular weight excluding hydrogens is 231 g/mol. The zero-order valence-electron chi connectivity index (χ0n) is 9.30. The minimum absolute atomic E-state index is 0.151. The topological polar surface area (TPSA) is 42.1 Å². The van der Waals surface area contributed by atoms with Gasteiger partial charge in [0, 0.05) is 32.5 Å². The predicted molar refractivity (Wildman–Crippen MR) is 58.5 cm³/mol. The molecule has 2 N–H and O–H groups in total. The van der Waals surface area contributed by atoms with Crippen LogP contribution in [-0.4, -0.2) is 24.0 Å². The minimum Gasteiger partial charge on any atom is -0.369 e. The molecule has 1 aliphatic rings. The Kier molecular flexibility index (Phi) is 3.24. The van der Waals surface area contributed by atoms with E-state index in [2.05, 4.69) is 4.98 Å². The summed E-state index contributed by atoms with van der Waals surface area (Å²) in [5, 5.41) is 0. The number of aromatic nitrogens is 1. The van der Waals surface area contributed by atoms with Crippen molar-refractivity contribution in [2.24, 2.45) is 5.73 Å². The van der Waals surface area contributed by atoms with Crippen molar-refractivity contribution < 1.29 is 13.2 Å². The number of anilines is 1. The lowest BCUT2D eigenvalue weighted by atomic mass is 10.1. The highest BCUT2D eigenvalue weighted by molar-refractivity contribution is 5.48. The predicted octanol–water partition coefficient (Wildman–Crippen LogP) is 1.91. The summed E-state index contributed by atoms with van der Waals surface area (Å²) in [6.45, 7) is 0.507. The van der Waals surface area contributed by atoms with Crippen LogP contribution in [0.3, 0.4) is 0 Å². The van der Waals surface area contributed by atoms with E-state index in [1.165, 1.54) is 6.07 Å². The molecule has 0 atom stereocenters. The summed E-state index contributed by atoms with van der Waals surface area (Å²) in [6, 6.07) is 1.53. The van der Waals surface area contributed by atoms with Crippen LogP contribution < -0.4 is 10.6 Å². The Labute approximate surface area is 97.4 Å². The van der Waals surface area contributed by atoms with E-state index >= 15 is 0 Å². The van der Waals surface area contributed by atoms with Crippen molar-refractivity contribution in [1.29, 1.82) is 0 Å². The number of nitrogens with two attached hydrogens (primary N) is 1. The summed E-state index contributed by atoms with van der Waals surface area (Å²) in [5.74, 6) is -3.12. The normalized spacial score (nSPS) is 19.4. The molecule has 2 heterocycles. The van der Waals surface area contributed by atoms with Crippen molar-refractivity contribution in [2.75, 3.05) is 18.0 Å². The van der Waals surface area contributed by atoms with Crippen LogP contribution in [0.5, 0.6) is 0 Å². The number of rotatable bonds is 2. The van der Waals surface area contributed by atoms with Gasteiger partial charge in [0.05, 0.1) is 17.6 Å². The largest absolute Gasteiger partial charge is 0.369 e. The molecule has 0 bridgehead atoms. The molecule has 3 nitrogen and oxygen atoms in total. The van der Waals surface area contributed by atoms with E-state index in [9.17, 15) is 13.2 Å². The Morgan fingerprint density at radius 2 is 2.00 bits per heavy atom. The first-order valence-corrected chi connectivity index (χ1v) is 5.49. The third-order valence-corrected chi connectivity index (χ3v) is 2.94. The Morgan fingerprint density at radius 1 is 1.35 bits per heavy atom. The van der Waals surface area contributed by atoms with Gasteiger partial charge in [0.25, 0.3) is 5.92 Å². The van der Waals surface area contributed by atoms with E-state index < -0.39 is 11.7 Å².